The third kappa shape index (κ3) is 5.54. The fourth-order valence-corrected chi connectivity index (χ4v) is 3.92. The fourth-order valence-electron chi connectivity index (χ4n) is 3.92. The van der Waals surface area contributed by atoms with Gasteiger partial charge < -0.3 is 19.4 Å². The van der Waals surface area contributed by atoms with Crippen LogP contribution in [0.3, 0.4) is 0 Å². The number of ether oxygens (including phenoxy) is 1. The molecule has 1 aliphatic rings. The molecule has 0 fully saturated rings. The summed E-state index contributed by atoms with van der Waals surface area (Å²) in [5.74, 6) is 1.03. The quantitative estimate of drug-likeness (QED) is 0.515. The van der Waals surface area contributed by atoms with Crippen LogP contribution in [-0.2, 0) is 27.3 Å². The molecule has 2 amide bonds. The number of amides is 2. The molecule has 176 valence electrons. The Balaban J connectivity index is 1.37. The van der Waals surface area contributed by atoms with Gasteiger partial charge in [0, 0.05) is 48.3 Å². The molecule has 1 aliphatic heterocycles. The molecule has 0 bridgehead atoms. The minimum Gasteiger partial charge on any atom is -0.466 e. The van der Waals surface area contributed by atoms with Crippen LogP contribution >= 0.6 is 0 Å². The summed E-state index contributed by atoms with van der Waals surface area (Å²) in [6, 6.07) is 17.0. The SMILES string of the molecule is CCOC(=O)CCC(=O)Nc1ccc(-c2cc3c(o2)CCN(C(=O)c2ccc(C)cc2)C3)cc1. The first-order valence-electron chi connectivity index (χ1n) is 11.5. The molecular formula is C27H28N2O5. The smallest absolute Gasteiger partial charge is 0.306 e. The van der Waals surface area contributed by atoms with Crippen LogP contribution in [0.25, 0.3) is 11.3 Å². The van der Waals surface area contributed by atoms with Crippen molar-refractivity contribution in [1.82, 2.24) is 4.90 Å². The molecule has 0 radical (unpaired) electrons. The van der Waals surface area contributed by atoms with Gasteiger partial charge in [-0.2, -0.15) is 0 Å². The Bertz CT molecular complexity index is 1180. The molecule has 0 saturated heterocycles. The molecule has 34 heavy (non-hydrogen) atoms. The average molecular weight is 461 g/mol. The summed E-state index contributed by atoms with van der Waals surface area (Å²) in [6.45, 7) is 5.17. The lowest BCUT2D eigenvalue weighted by molar-refractivity contribution is -0.144. The zero-order valence-electron chi connectivity index (χ0n) is 19.4. The van der Waals surface area contributed by atoms with Crippen LogP contribution in [0.5, 0.6) is 0 Å². The predicted molar refractivity (Wildman–Crippen MR) is 128 cm³/mol. The van der Waals surface area contributed by atoms with Gasteiger partial charge in [0.05, 0.1) is 13.0 Å². The number of rotatable bonds is 7. The lowest BCUT2D eigenvalue weighted by atomic mass is 10.1. The Morgan fingerprint density at radius 2 is 1.76 bits per heavy atom. The highest BCUT2D eigenvalue weighted by molar-refractivity contribution is 5.94. The van der Waals surface area contributed by atoms with Crippen molar-refractivity contribution in [1.29, 1.82) is 0 Å². The molecule has 7 heteroatoms. The van der Waals surface area contributed by atoms with Gasteiger partial charge in [0.25, 0.3) is 5.91 Å². The molecule has 2 heterocycles. The number of nitrogens with zero attached hydrogens (tertiary/aromatic N) is 1. The molecule has 0 aliphatic carbocycles. The summed E-state index contributed by atoms with van der Waals surface area (Å²) in [6.07, 6.45) is 0.796. The summed E-state index contributed by atoms with van der Waals surface area (Å²) in [4.78, 5) is 38.2. The number of furan rings is 1. The molecule has 4 rings (SSSR count). The Morgan fingerprint density at radius 1 is 1.03 bits per heavy atom. The Hall–Kier alpha value is -3.87. The van der Waals surface area contributed by atoms with Crippen molar-refractivity contribution in [2.45, 2.75) is 39.7 Å². The highest BCUT2D eigenvalue weighted by Crippen LogP contribution is 2.30. The molecule has 0 saturated carbocycles. The minimum absolute atomic E-state index is 0.0245. The van der Waals surface area contributed by atoms with E-state index in [1.54, 1.807) is 19.1 Å². The van der Waals surface area contributed by atoms with Crippen LogP contribution in [0, 0.1) is 6.92 Å². The maximum absolute atomic E-state index is 12.9. The first-order valence-corrected chi connectivity index (χ1v) is 11.5. The molecule has 2 aromatic carbocycles. The zero-order chi connectivity index (χ0) is 24.1. The lowest BCUT2D eigenvalue weighted by Crippen LogP contribution is -2.35. The highest BCUT2D eigenvalue weighted by atomic mass is 16.5. The third-order valence-electron chi connectivity index (χ3n) is 5.77. The number of benzene rings is 2. The number of nitrogens with one attached hydrogen (secondary N) is 1. The zero-order valence-corrected chi connectivity index (χ0v) is 19.4. The maximum Gasteiger partial charge on any atom is 0.306 e. The van der Waals surface area contributed by atoms with Crippen LogP contribution in [0.1, 0.15) is 47.0 Å². The van der Waals surface area contributed by atoms with Crippen molar-refractivity contribution in [2.75, 3.05) is 18.5 Å². The van der Waals surface area contributed by atoms with Crippen molar-refractivity contribution < 1.29 is 23.5 Å². The van der Waals surface area contributed by atoms with E-state index < -0.39 is 0 Å². The van der Waals surface area contributed by atoms with Crippen molar-refractivity contribution in [3.63, 3.8) is 0 Å². The Kier molecular flexibility index (Phi) is 7.11. The number of esters is 1. The topological polar surface area (TPSA) is 88.8 Å². The van der Waals surface area contributed by atoms with E-state index in [0.29, 0.717) is 37.4 Å². The normalized spacial score (nSPS) is 12.7. The van der Waals surface area contributed by atoms with Gasteiger partial charge in [-0.15, -0.1) is 0 Å². The monoisotopic (exact) mass is 460 g/mol. The Labute approximate surface area is 198 Å². The molecule has 3 aromatic rings. The number of aryl methyl sites for hydroxylation is 1. The molecule has 0 atom stereocenters. The average Bonchev–Trinajstić information content (AvgIpc) is 3.27. The van der Waals surface area contributed by atoms with Gasteiger partial charge in [0.15, 0.2) is 0 Å². The van der Waals surface area contributed by atoms with E-state index in [1.165, 1.54) is 0 Å². The minimum atomic E-state index is -0.381. The number of anilines is 1. The fraction of sp³-hybridized carbons (Fsp3) is 0.296. The summed E-state index contributed by atoms with van der Waals surface area (Å²) in [5.41, 5.74) is 4.36. The van der Waals surface area contributed by atoms with Crippen LogP contribution in [0.2, 0.25) is 0 Å². The van der Waals surface area contributed by atoms with Crippen LogP contribution in [-0.4, -0.2) is 35.8 Å². The van der Waals surface area contributed by atoms with E-state index in [0.717, 1.165) is 28.2 Å². The van der Waals surface area contributed by atoms with Crippen molar-refractivity contribution >= 4 is 23.5 Å². The molecule has 1 aromatic heterocycles. The first-order chi connectivity index (χ1) is 16.4. The number of hydrogen-bond donors (Lipinski definition) is 1. The predicted octanol–water partition coefficient (Wildman–Crippen LogP) is 4.74. The number of hydrogen-bond acceptors (Lipinski definition) is 5. The van der Waals surface area contributed by atoms with Gasteiger partial charge >= 0.3 is 5.97 Å². The largest absolute Gasteiger partial charge is 0.466 e. The van der Waals surface area contributed by atoms with E-state index in [-0.39, 0.29) is 30.6 Å². The van der Waals surface area contributed by atoms with Gasteiger partial charge in [0.1, 0.15) is 11.5 Å². The van der Waals surface area contributed by atoms with E-state index in [2.05, 4.69) is 5.32 Å². The summed E-state index contributed by atoms with van der Waals surface area (Å²) in [7, 11) is 0. The number of carbonyl (C=O) groups excluding carboxylic acids is 3. The molecule has 0 spiro atoms. The van der Waals surface area contributed by atoms with Crippen molar-refractivity contribution in [3.05, 3.63) is 77.0 Å². The van der Waals surface area contributed by atoms with E-state index >= 15 is 0 Å². The molecule has 7 nitrogen and oxygen atoms in total. The van der Waals surface area contributed by atoms with Gasteiger partial charge in [-0.25, -0.2) is 0 Å². The summed E-state index contributed by atoms with van der Waals surface area (Å²) >= 11 is 0. The Morgan fingerprint density at radius 3 is 2.47 bits per heavy atom. The molecule has 1 N–H and O–H groups in total. The third-order valence-corrected chi connectivity index (χ3v) is 5.77. The highest BCUT2D eigenvalue weighted by Gasteiger charge is 2.25. The van der Waals surface area contributed by atoms with Gasteiger partial charge in [0.2, 0.25) is 5.91 Å². The number of fused-ring (bicyclic) bond motifs is 1. The summed E-state index contributed by atoms with van der Waals surface area (Å²) < 4.78 is 10.9. The van der Waals surface area contributed by atoms with Crippen LogP contribution < -0.4 is 5.32 Å². The second-order valence-electron chi connectivity index (χ2n) is 8.33. The second kappa shape index (κ2) is 10.4. The van der Waals surface area contributed by atoms with E-state index in [1.807, 2.05) is 54.3 Å². The van der Waals surface area contributed by atoms with Gasteiger partial charge in [-0.3, -0.25) is 14.4 Å². The molecular weight excluding hydrogens is 432 g/mol. The van der Waals surface area contributed by atoms with E-state index in [4.69, 9.17) is 9.15 Å². The number of carbonyl (C=O) groups is 3. The molecule has 0 unspecified atom stereocenters. The van der Waals surface area contributed by atoms with Crippen molar-refractivity contribution in [3.8, 4) is 11.3 Å². The van der Waals surface area contributed by atoms with Gasteiger partial charge in [-0.1, -0.05) is 17.7 Å². The van der Waals surface area contributed by atoms with Crippen LogP contribution in [0.15, 0.2) is 59.0 Å². The van der Waals surface area contributed by atoms with Gasteiger partial charge in [-0.05, 0) is 56.3 Å². The second-order valence-corrected chi connectivity index (χ2v) is 8.33. The maximum atomic E-state index is 12.9. The van der Waals surface area contributed by atoms with E-state index in [9.17, 15) is 14.4 Å². The standard InChI is InChI=1S/C27H28N2O5/c1-3-33-26(31)13-12-25(30)28-22-10-8-19(9-11-22)24-16-21-17-29(15-14-23(21)34-24)27(32)20-6-4-18(2)5-7-20/h4-11,16H,3,12-15,17H2,1-2H3,(H,28,30). The summed E-state index contributed by atoms with van der Waals surface area (Å²) in [5, 5.41) is 2.78. The van der Waals surface area contributed by atoms with Crippen molar-refractivity contribution in [2.24, 2.45) is 0 Å². The lowest BCUT2D eigenvalue weighted by Gasteiger charge is -2.26. The first kappa shape index (κ1) is 23.3. The van der Waals surface area contributed by atoms with Crippen LogP contribution in [0.4, 0.5) is 5.69 Å².